The molecule has 0 aliphatic heterocycles. The lowest BCUT2D eigenvalue weighted by Gasteiger charge is -2.07. The maximum Gasteiger partial charge on any atom is 0.278 e. The summed E-state index contributed by atoms with van der Waals surface area (Å²) in [5.74, 6) is -1.22. The zero-order valence-corrected chi connectivity index (χ0v) is 15.8. The van der Waals surface area contributed by atoms with Crippen molar-refractivity contribution < 1.29 is 14.0 Å². The smallest absolute Gasteiger partial charge is 0.278 e. The van der Waals surface area contributed by atoms with E-state index < -0.39 is 11.7 Å². The van der Waals surface area contributed by atoms with E-state index in [2.05, 4.69) is 20.9 Å². The Morgan fingerprint density at radius 3 is 2.36 bits per heavy atom. The molecule has 0 unspecified atom stereocenters. The fraction of sp³-hybridized carbons (Fsp3) is 0.200. The Balaban J connectivity index is 1.67. The quantitative estimate of drug-likeness (QED) is 0.710. The van der Waals surface area contributed by atoms with E-state index in [-0.39, 0.29) is 18.1 Å². The van der Waals surface area contributed by atoms with Crippen LogP contribution in [0.2, 0.25) is 0 Å². The summed E-state index contributed by atoms with van der Waals surface area (Å²) in [6, 6.07) is 11.8. The van der Waals surface area contributed by atoms with Gasteiger partial charge in [-0.15, -0.1) is 5.10 Å². The zero-order valence-electron chi connectivity index (χ0n) is 15.8. The average molecular weight is 381 g/mol. The highest BCUT2D eigenvalue weighted by atomic mass is 19.1. The summed E-state index contributed by atoms with van der Waals surface area (Å²) in [6.45, 7) is 5.16. The second kappa shape index (κ2) is 7.99. The van der Waals surface area contributed by atoms with Crippen LogP contribution >= 0.6 is 0 Å². The van der Waals surface area contributed by atoms with Crippen LogP contribution < -0.4 is 10.6 Å². The number of nitrogens with one attached hydrogen (secondary N) is 2. The van der Waals surface area contributed by atoms with E-state index in [1.165, 1.54) is 10.7 Å². The van der Waals surface area contributed by atoms with Crippen LogP contribution in [0.4, 0.5) is 15.8 Å². The van der Waals surface area contributed by atoms with Crippen molar-refractivity contribution in [2.75, 3.05) is 10.6 Å². The third kappa shape index (κ3) is 4.40. The number of benzene rings is 2. The van der Waals surface area contributed by atoms with Gasteiger partial charge in [0, 0.05) is 11.4 Å². The third-order valence-electron chi connectivity index (χ3n) is 4.26. The molecule has 0 radical (unpaired) electrons. The molecule has 7 nitrogen and oxygen atoms in total. The van der Waals surface area contributed by atoms with Crippen LogP contribution in [0.3, 0.4) is 0 Å². The molecule has 2 N–H and O–H groups in total. The number of aromatic nitrogens is 3. The van der Waals surface area contributed by atoms with Crippen molar-refractivity contribution in [1.82, 2.24) is 15.0 Å². The molecule has 1 aromatic heterocycles. The highest BCUT2D eigenvalue weighted by molar-refractivity contribution is 6.03. The molecule has 0 bridgehead atoms. The Morgan fingerprint density at radius 1 is 1.00 bits per heavy atom. The SMILES string of the molecule is Cc1ccc(NC(=O)Cn2nnc(C(=O)Nc3ccc(C)c(F)c3)c2C)cc1. The van der Waals surface area contributed by atoms with E-state index in [1.54, 1.807) is 38.1 Å². The summed E-state index contributed by atoms with van der Waals surface area (Å²) >= 11 is 0. The van der Waals surface area contributed by atoms with Gasteiger partial charge in [0.1, 0.15) is 12.4 Å². The van der Waals surface area contributed by atoms with E-state index >= 15 is 0 Å². The standard InChI is InChI=1S/C20H20FN5O2/c1-12-4-7-15(8-5-12)22-18(27)11-26-14(3)19(24-25-26)20(28)23-16-9-6-13(2)17(21)10-16/h4-10H,11H2,1-3H3,(H,22,27)(H,23,28). The van der Waals surface area contributed by atoms with Crippen molar-refractivity contribution >= 4 is 23.2 Å². The van der Waals surface area contributed by atoms with Crippen LogP contribution in [-0.2, 0) is 11.3 Å². The fourth-order valence-electron chi connectivity index (χ4n) is 2.55. The normalized spacial score (nSPS) is 10.6. The highest BCUT2D eigenvalue weighted by Gasteiger charge is 2.18. The molecule has 1 heterocycles. The van der Waals surface area contributed by atoms with Gasteiger partial charge in [-0.2, -0.15) is 0 Å². The van der Waals surface area contributed by atoms with Crippen molar-refractivity contribution in [1.29, 1.82) is 0 Å². The lowest BCUT2D eigenvalue weighted by atomic mass is 10.2. The molecule has 3 rings (SSSR count). The largest absolute Gasteiger partial charge is 0.324 e. The molecule has 2 aromatic carbocycles. The van der Waals surface area contributed by atoms with Crippen LogP contribution in [0, 0.1) is 26.6 Å². The summed E-state index contributed by atoms with van der Waals surface area (Å²) in [5, 5.41) is 13.1. The predicted molar refractivity (Wildman–Crippen MR) is 104 cm³/mol. The molecule has 0 spiro atoms. The van der Waals surface area contributed by atoms with E-state index in [0.29, 0.717) is 22.6 Å². The number of aryl methyl sites for hydroxylation is 2. The number of hydrogen-bond acceptors (Lipinski definition) is 4. The van der Waals surface area contributed by atoms with Crippen molar-refractivity contribution in [3.05, 3.63) is 70.8 Å². The molecule has 0 fully saturated rings. The first kappa shape index (κ1) is 19.2. The average Bonchev–Trinajstić information content (AvgIpc) is 3.01. The molecule has 2 amide bonds. The molecular formula is C20H20FN5O2. The Labute approximate surface area is 161 Å². The molecule has 144 valence electrons. The van der Waals surface area contributed by atoms with Gasteiger partial charge < -0.3 is 10.6 Å². The van der Waals surface area contributed by atoms with E-state index in [9.17, 15) is 14.0 Å². The number of carbonyl (C=O) groups is 2. The number of carbonyl (C=O) groups excluding carboxylic acids is 2. The number of hydrogen-bond donors (Lipinski definition) is 2. The summed E-state index contributed by atoms with van der Waals surface area (Å²) in [5.41, 5.74) is 3.08. The van der Waals surface area contributed by atoms with Gasteiger partial charge in [0.2, 0.25) is 5.91 Å². The number of amides is 2. The van der Waals surface area contributed by atoms with Crippen molar-refractivity contribution in [3.63, 3.8) is 0 Å². The van der Waals surface area contributed by atoms with Crippen LogP contribution in [-0.4, -0.2) is 26.8 Å². The lowest BCUT2D eigenvalue weighted by Crippen LogP contribution is -2.21. The van der Waals surface area contributed by atoms with Gasteiger partial charge in [0.25, 0.3) is 5.91 Å². The Hall–Kier alpha value is -3.55. The summed E-state index contributed by atoms with van der Waals surface area (Å²) in [6.07, 6.45) is 0. The monoisotopic (exact) mass is 381 g/mol. The number of rotatable bonds is 5. The van der Waals surface area contributed by atoms with Gasteiger partial charge in [-0.05, 0) is 50.6 Å². The van der Waals surface area contributed by atoms with E-state index in [0.717, 1.165) is 5.56 Å². The van der Waals surface area contributed by atoms with Gasteiger partial charge >= 0.3 is 0 Å². The summed E-state index contributed by atoms with van der Waals surface area (Å²) in [4.78, 5) is 24.6. The fourth-order valence-corrected chi connectivity index (χ4v) is 2.55. The Bertz CT molecular complexity index is 1030. The van der Waals surface area contributed by atoms with Crippen LogP contribution in [0.15, 0.2) is 42.5 Å². The molecule has 0 saturated carbocycles. The zero-order chi connectivity index (χ0) is 20.3. The van der Waals surface area contributed by atoms with Gasteiger partial charge in [0.15, 0.2) is 5.69 Å². The third-order valence-corrected chi connectivity index (χ3v) is 4.26. The van der Waals surface area contributed by atoms with Gasteiger partial charge in [-0.3, -0.25) is 9.59 Å². The van der Waals surface area contributed by atoms with Gasteiger partial charge in [0.05, 0.1) is 5.69 Å². The molecule has 0 atom stereocenters. The molecule has 0 saturated heterocycles. The number of anilines is 2. The molecule has 0 aliphatic carbocycles. The predicted octanol–water partition coefficient (Wildman–Crippen LogP) is 3.23. The maximum absolute atomic E-state index is 13.6. The number of nitrogens with zero attached hydrogens (tertiary/aromatic N) is 3. The molecular weight excluding hydrogens is 361 g/mol. The summed E-state index contributed by atoms with van der Waals surface area (Å²) in [7, 11) is 0. The molecule has 28 heavy (non-hydrogen) atoms. The second-order valence-electron chi connectivity index (χ2n) is 6.51. The van der Waals surface area contributed by atoms with Crippen molar-refractivity contribution in [2.24, 2.45) is 0 Å². The van der Waals surface area contributed by atoms with Gasteiger partial charge in [-0.25, -0.2) is 9.07 Å². The first-order valence-corrected chi connectivity index (χ1v) is 8.67. The lowest BCUT2D eigenvalue weighted by molar-refractivity contribution is -0.117. The van der Waals surface area contributed by atoms with Crippen molar-refractivity contribution in [3.8, 4) is 0 Å². The first-order valence-electron chi connectivity index (χ1n) is 8.67. The molecule has 0 aliphatic rings. The Morgan fingerprint density at radius 2 is 1.68 bits per heavy atom. The minimum atomic E-state index is -0.522. The van der Waals surface area contributed by atoms with Crippen LogP contribution in [0.5, 0.6) is 0 Å². The van der Waals surface area contributed by atoms with Crippen molar-refractivity contribution in [2.45, 2.75) is 27.3 Å². The minimum absolute atomic E-state index is 0.0733. The maximum atomic E-state index is 13.6. The topological polar surface area (TPSA) is 88.9 Å². The van der Waals surface area contributed by atoms with Crippen LogP contribution in [0.1, 0.15) is 27.3 Å². The highest BCUT2D eigenvalue weighted by Crippen LogP contribution is 2.15. The molecule has 8 heteroatoms. The first-order chi connectivity index (χ1) is 13.3. The number of halogens is 1. The minimum Gasteiger partial charge on any atom is -0.324 e. The van der Waals surface area contributed by atoms with E-state index in [1.807, 2.05) is 19.1 Å². The Kier molecular flexibility index (Phi) is 5.49. The second-order valence-corrected chi connectivity index (χ2v) is 6.51. The van der Waals surface area contributed by atoms with E-state index in [4.69, 9.17) is 0 Å². The summed E-state index contributed by atoms with van der Waals surface area (Å²) < 4.78 is 15.0. The van der Waals surface area contributed by atoms with Gasteiger partial charge in [-0.1, -0.05) is 29.0 Å². The molecule has 3 aromatic rings. The van der Waals surface area contributed by atoms with Crippen LogP contribution in [0.25, 0.3) is 0 Å².